The summed E-state index contributed by atoms with van der Waals surface area (Å²) in [7, 11) is 0. The molecule has 5 heteroatoms. The van der Waals surface area contributed by atoms with Crippen LogP contribution in [0.5, 0.6) is 0 Å². The summed E-state index contributed by atoms with van der Waals surface area (Å²) in [5.41, 5.74) is 15.1. The largest absolute Gasteiger partial charge is 0.384 e. The van der Waals surface area contributed by atoms with Gasteiger partial charge in [0.15, 0.2) is 0 Å². The molecular formula is C21H20N4O. The van der Waals surface area contributed by atoms with E-state index in [9.17, 15) is 4.79 Å². The van der Waals surface area contributed by atoms with E-state index >= 15 is 0 Å². The Morgan fingerprint density at radius 1 is 0.846 bits per heavy atom. The number of nitrogens with zero attached hydrogens (tertiary/aromatic N) is 1. The van der Waals surface area contributed by atoms with E-state index in [1.165, 1.54) is 0 Å². The molecule has 0 atom stereocenters. The maximum atomic E-state index is 12.2. The van der Waals surface area contributed by atoms with Crippen molar-refractivity contribution in [2.75, 3.05) is 18.0 Å². The summed E-state index contributed by atoms with van der Waals surface area (Å²) in [6.45, 7) is 0.375. The predicted octanol–water partition coefficient (Wildman–Crippen LogP) is 3.11. The van der Waals surface area contributed by atoms with Crippen LogP contribution in [0.1, 0.15) is 21.5 Å². The van der Waals surface area contributed by atoms with Gasteiger partial charge in [-0.25, -0.2) is 4.98 Å². The van der Waals surface area contributed by atoms with E-state index in [1.807, 2.05) is 54.6 Å². The number of anilines is 2. The normalized spacial score (nSPS) is 11.2. The van der Waals surface area contributed by atoms with Gasteiger partial charge < -0.3 is 16.8 Å². The van der Waals surface area contributed by atoms with E-state index in [-0.39, 0.29) is 5.91 Å². The first-order valence-electron chi connectivity index (χ1n) is 8.26. The van der Waals surface area contributed by atoms with Gasteiger partial charge in [-0.2, -0.15) is 0 Å². The predicted molar refractivity (Wildman–Crippen MR) is 105 cm³/mol. The first kappa shape index (κ1) is 17.2. The van der Waals surface area contributed by atoms with Gasteiger partial charge in [0.05, 0.1) is 0 Å². The molecule has 0 aliphatic heterocycles. The van der Waals surface area contributed by atoms with Crippen LogP contribution in [0.3, 0.4) is 0 Å². The molecule has 26 heavy (non-hydrogen) atoms. The van der Waals surface area contributed by atoms with Crippen LogP contribution in [-0.2, 0) is 0 Å². The van der Waals surface area contributed by atoms with Crippen molar-refractivity contribution in [3.8, 4) is 0 Å². The van der Waals surface area contributed by atoms with Crippen molar-refractivity contribution >= 4 is 23.1 Å². The highest BCUT2D eigenvalue weighted by Gasteiger charge is 2.08. The Morgan fingerprint density at radius 2 is 1.38 bits per heavy atom. The molecule has 0 radical (unpaired) electrons. The van der Waals surface area contributed by atoms with Crippen molar-refractivity contribution in [3.63, 3.8) is 0 Å². The summed E-state index contributed by atoms with van der Waals surface area (Å²) >= 11 is 0. The zero-order valence-corrected chi connectivity index (χ0v) is 14.2. The third-order valence-electron chi connectivity index (χ3n) is 3.87. The SMILES string of the molecule is Nc1cc(/C(=C/CNC(=O)c2ccccc2)c2ccccc2)cc(N)n1. The average Bonchev–Trinajstić information content (AvgIpc) is 2.65. The Labute approximate surface area is 152 Å². The summed E-state index contributed by atoms with van der Waals surface area (Å²) in [6, 6.07) is 22.5. The Balaban J connectivity index is 1.86. The summed E-state index contributed by atoms with van der Waals surface area (Å²) in [4.78, 5) is 16.2. The molecule has 0 fully saturated rings. The molecule has 2 aromatic carbocycles. The summed E-state index contributed by atoms with van der Waals surface area (Å²) in [5.74, 6) is 0.591. The molecule has 1 aromatic heterocycles. The number of benzene rings is 2. The van der Waals surface area contributed by atoms with Gasteiger partial charge in [-0.3, -0.25) is 4.79 Å². The fourth-order valence-electron chi connectivity index (χ4n) is 2.69. The lowest BCUT2D eigenvalue weighted by Crippen LogP contribution is -2.23. The van der Waals surface area contributed by atoms with Gasteiger partial charge in [0.1, 0.15) is 11.6 Å². The summed E-state index contributed by atoms with van der Waals surface area (Å²) in [5, 5.41) is 2.90. The van der Waals surface area contributed by atoms with Crippen LogP contribution in [0, 0.1) is 0 Å². The molecule has 0 aliphatic carbocycles. The lowest BCUT2D eigenvalue weighted by atomic mass is 9.98. The number of nitrogens with one attached hydrogen (secondary N) is 1. The molecule has 5 nitrogen and oxygen atoms in total. The van der Waals surface area contributed by atoms with Crippen LogP contribution in [0.15, 0.2) is 78.9 Å². The fourth-order valence-corrected chi connectivity index (χ4v) is 2.69. The second-order valence-electron chi connectivity index (χ2n) is 5.77. The Hall–Kier alpha value is -3.60. The van der Waals surface area contributed by atoms with E-state index < -0.39 is 0 Å². The average molecular weight is 344 g/mol. The highest BCUT2D eigenvalue weighted by Crippen LogP contribution is 2.25. The number of carbonyl (C=O) groups excluding carboxylic acids is 1. The topological polar surface area (TPSA) is 94.0 Å². The highest BCUT2D eigenvalue weighted by atomic mass is 16.1. The van der Waals surface area contributed by atoms with E-state index in [1.54, 1.807) is 24.3 Å². The molecule has 0 aliphatic rings. The number of nitrogens with two attached hydrogens (primary N) is 2. The highest BCUT2D eigenvalue weighted by molar-refractivity contribution is 5.94. The first-order valence-corrected chi connectivity index (χ1v) is 8.26. The zero-order chi connectivity index (χ0) is 18.4. The number of pyridine rings is 1. The summed E-state index contributed by atoms with van der Waals surface area (Å²) in [6.07, 6.45) is 1.95. The number of amides is 1. The minimum atomic E-state index is -0.122. The maximum absolute atomic E-state index is 12.2. The van der Waals surface area contributed by atoms with Crippen molar-refractivity contribution in [3.05, 3.63) is 95.6 Å². The Kier molecular flexibility index (Phi) is 5.29. The maximum Gasteiger partial charge on any atom is 0.251 e. The number of rotatable bonds is 5. The standard InChI is InChI=1S/C21H20N4O/c22-19-13-17(14-20(23)25-19)18(15-7-3-1-4-8-15)11-12-24-21(26)16-9-5-2-6-10-16/h1-11,13-14H,12H2,(H,24,26)(H4,22,23,25)/b18-11+. The molecule has 5 N–H and O–H groups in total. The lowest BCUT2D eigenvalue weighted by Gasteiger charge is -2.11. The first-order chi connectivity index (χ1) is 12.6. The van der Waals surface area contributed by atoms with E-state index in [0.717, 1.165) is 16.7 Å². The molecule has 0 bridgehead atoms. The smallest absolute Gasteiger partial charge is 0.251 e. The van der Waals surface area contributed by atoms with Gasteiger partial charge in [0.25, 0.3) is 5.91 Å². The van der Waals surface area contributed by atoms with Crippen molar-refractivity contribution in [1.29, 1.82) is 0 Å². The Bertz CT molecular complexity index is 901. The van der Waals surface area contributed by atoms with Crippen LogP contribution in [0.2, 0.25) is 0 Å². The molecular weight excluding hydrogens is 324 g/mol. The minimum Gasteiger partial charge on any atom is -0.384 e. The van der Waals surface area contributed by atoms with Gasteiger partial charge in [0, 0.05) is 12.1 Å². The quantitative estimate of drug-likeness (QED) is 0.663. The third kappa shape index (κ3) is 4.27. The third-order valence-corrected chi connectivity index (χ3v) is 3.87. The van der Waals surface area contributed by atoms with Crippen LogP contribution >= 0.6 is 0 Å². The van der Waals surface area contributed by atoms with E-state index in [4.69, 9.17) is 11.5 Å². The molecule has 130 valence electrons. The van der Waals surface area contributed by atoms with Crippen LogP contribution in [-0.4, -0.2) is 17.4 Å². The number of hydrogen-bond donors (Lipinski definition) is 3. The van der Waals surface area contributed by atoms with Crippen molar-refractivity contribution in [2.24, 2.45) is 0 Å². The number of aromatic nitrogens is 1. The van der Waals surface area contributed by atoms with E-state index in [0.29, 0.717) is 23.7 Å². The Morgan fingerprint density at radius 3 is 1.96 bits per heavy atom. The van der Waals surface area contributed by atoms with Gasteiger partial charge in [-0.15, -0.1) is 0 Å². The summed E-state index contributed by atoms with van der Waals surface area (Å²) < 4.78 is 0. The zero-order valence-electron chi connectivity index (χ0n) is 14.2. The second kappa shape index (κ2) is 7.98. The van der Waals surface area contributed by atoms with Crippen molar-refractivity contribution in [1.82, 2.24) is 10.3 Å². The molecule has 1 heterocycles. The van der Waals surface area contributed by atoms with Gasteiger partial charge in [-0.05, 0) is 41.0 Å². The van der Waals surface area contributed by atoms with Crippen molar-refractivity contribution in [2.45, 2.75) is 0 Å². The molecule has 0 unspecified atom stereocenters. The molecule has 1 amide bonds. The monoisotopic (exact) mass is 344 g/mol. The molecule has 0 saturated heterocycles. The van der Waals surface area contributed by atoms with Gasteiger partial charge in [-0.1, -0.05) is 54.6 Å². The molecule has 0 saturated carbocycles. The molecule has 0 spiro atoms. The number of carbonyl (C=O) groups is 1. The molecule has 3 rings (SSSR count). The van der Waals surface area contributed by atoms with Crippen molar-refractivity contribution < 1.29 is 4.79 Å². The van der Waals surface area contributed by atoms with Crippen LogP contribution in [0.4, 0.5) is 11.6 Å². The lowest BCUT2D eigenvalue weighted by molar-refractivity contribution is 0.0958. The number of nitrogen functional groups attached to an aromatic ring is 2. The van der Waals surface area contributed by atoms with Crippen LogP contribution in [0.25, 0.3) is 5.57 Å². The second-order valence-corrected chi connectivity index (χ2v) is 5.77. The molecule has 3 aromatic rings. The number of hydrogen-bond acceptors (Lipinski definition) is 4. The van der Waals surface area contributed by atoms with Crippen LogP contribution < -0.4 is 16.8 Å². The van der Waals surface area contributed by atoms with Gasteiger partial charge in [0.2, 0.25) is 0 Å². The fraction of sp³-hybridized carbons (Fsp3) is 0.0476. The van der Waals surface area contributed by atoms with Gasteiger partial charge >= 0.3 is 0 Å². The minimum absolute atomic E-state index is 0.122. The van der Waals surface area contributed by atoms with E-state index in [2.05, 4.69) is 10.3 Å².